The minimum Gasteiger partial charge on any atom is -0.487 e. The minimum atomic E-state index is -0.169. The van der Waals surface area contributed by atoms with Crippen LogP contribution in [-0.2, 0) is 4.74 Å². The van der Waals surface area contributed by atoms with Crippen LogP contribution in [0.1, 0.15) is 62.3 Å². The van der Waals surface area contributed by atoms with Crippen LogP contribution in [-0.4, -0.2) is 5.60 Å². The third kappa shape index (κ3) is 2.65. The van der Waals surface area contributed by atoms with Crippen molar-refractivity contribution in [3.05, 3.63) is 22.5 Å². The molecule has 1 heteroatoms. The maximum absolute atomic E-state index is 6.32. The first-order valence-corrected chi connectivity index (χ1v) is 7.24. The fourth-order valence-corrected chi connectivity index (χ4v) is 2.83. The van der Waals surface area contributed by atoms with Crippen LogP contribution in [0.15, 0.2) is 22.5 Å². The number of allylic oxidation sites excluding steroid dienone is 3. The SMILES string of the molecule is CC1=C(C(C)C)C(C(C)C)=C(C(C)C)OC1(C)C. The molecule has 0 saturated heterocycles. The van der Waals surface area contributed by atoms with E-state index in [0.29, 0.717) is 17.8 Å². The molecular formula is C17H30O. The summed E-state index contributed by atoms with van der Waals surface area (Å²) >= 11 is 0. The summed E-state index contributed by atoms with van der Waals surface area (Å²) < 4.78 is 6.32. The van der Waals surface area contributed by atoms with E-state index in [1.165, 1.54) is 22.5 Å². The monoisotopic (exact) mass is 250 g/mol. The first kappa shape index (κ1) is 15.3. The van der Waals surface area contributed by atoms with Gasteiger partial charge in [-0.1, -0.05) is 41.5 Å². The molecule has 0 fully saturated rings. The van der Waals surface area contributed by atoms with Gasteiger partial charge in [0.05, 0.1) is 0 Å². The van der Waals surface area contributed by atoms with Gasteiger partial charge in [0.25, 0.3) is 0 Å². The van der Waals surface area contributed by atoms with Gasteiger partial charge in [0.2, 0.25) is 0 Å². The Kier molecular flexibility index (Phi) is 4.35. The van der Waals surface area contributed by atoms with Crippen LogP contribution in [0.2, 0.25) is 0 Å². The van der Waals surface area contributed by atoms with Crippen LogP contribution >= 0.6 is 0 Å². The summed E-state index contributed by atoms with van der Waals surface area (Å²) in [6, 6.07) is 0. The predicted octanol–water partition coefficient (Wildman–Crippen LogP) is 5.33. The van der Waals surface area contributed by atoms with E-state index in [2.05, 4.69) is 62.3 Å². The Balaban J connectivity index is 3.52. The molecule has 0 aliphatic carbocycles. The molecule has 0 amide bonds. The second-order valence-electron chi connectivity index (χ2n) is 6.89. The van der Waals surface area contributed by atoms with Gasteiger partial charge in [-0.25, -0.2) is 0 Å². The van der Waals surface area contributed by atoms with E-state index in [-0.39, 0.29) is 5.60 Å². The third-order valence-electron chi connectivity index (χ3n) is 3.91. The Morgan fingerprint density at radius 2 is 1.22 bits per heavy atom. The van der Waals surface area contributed by atoms with E-state index in [1.54, 1.807) is 0 Å². The lowest BCUT2D eigenvalue weighted by molar-refractivity contribution is 0.0411. The van der Waals surface area contributed by atoms with Gasteiger partial charge in [0.15, 0.2) is 0 Å². The highest BCUT2D eigenvalue weighted by Crippen LogP contribution is 2.44. The van der Waals surface area contributed by atoms with E-state index in [4.69, 9.17) is 4.74 Å². The molecule has 1 rings (SSSR count). The second kappa shape index (κ2) is 5.11. The number of hydrogen-bond donors (Lipinski definition) is 0. The molecule has 1 aliphatic rings. The molecule has 1 nitrogen and oxygen atoms in total. The molecule has 1 aliphatic heterocycles. The van der Waals surface area contributed by atoms with Gasteiger partial charge < -0.3 is 4.74 Å². The highest BCUT2D eigenvalue weighted by Gasteiger charge is 2.36. The molecule has 0 spiro atoms. The molecule has 0 bridgehead atoms. The van der Waals surface area contributed by atoms with Crippen LogP contribution in [0.4, 0.5) is 0 Å². The van der Waals surface area contributed by atoms with Gasteiger partial charge in [-0.15, -0.1) is 0 Å². The highest BCUT2D eigenvalue weighted by atomic mass is 16.5. The van der Waals surface area contributed by atoms with Crippen molar-refractivity contribution in [3.63, 3.8) is 0 Å². The van der Waals surface area contributed by atoms with Gasteiger partial charge in [-0.05, 0) is 49.3 Å². The third-order valence-corrected chi connectivity index (χ3v) is 3.91. The molecule has 0 saturated carbocycles. The summed E-state index contributed by atoms with van der Waals surface area (Å²) in [6.07, 6.45) is 0. The topological polar surface area (TPSA) is 9.23 Å². The summed E-state index contributed by atoms with van der Waals surface area (Å²) in [7, 11) is 0. The van der Waals surface area contributed by atoms with Crippen molar-refractivity contribution in [3.8, 4) is 0 Å². The largest absolute Gasteiger partial charge is 0.487 e. The van der Waals surface area contributed by atoms with E-state index in [9.17, 15) is 0 Å². The Labute approximate surface area is 113 Å². The molecule has 0 radical (unpaired) electrons. The number of ether oxygens (including phenoxy) is 1. The van der Waals surface area contributed by atoms with Crippen LogP contribution in [0.5, 0.6) is 0 Å². The fraction of sp³-hybridized carbons (Fsp3) is 0.765. The van der Waals surface area contributed by atoms with Crippen molar-refractivity contribution >= 4 is 0 Å². The molecule has 0 atom stereocenters. The smallest absolute Gasteiger partial charge is 0.124 e. The number of rotatable bonds is 3. The average Bonchev–Trinajstić information content (AvgIpc) is 2.19. The Hall–Kier alpha value is -0.720. The summed E-state index contributed by atoms with van der Waals surface area (Å²) in [4.78, 5) is 0. The first-order valence-electron chi connectivity index (χ1n) is 7.24. The van der Waals surface area contributed by atoms with Crippen molar-refractivity contribution < 1.29 is 4.74 Å². The molecular weight excluding hydrogens is 220 g/mol. The van der Waals surface area contributed by atoms with Crippen molar-refractivity contribution in [2.45, 2.75) is 67.9 Å². The summed E-state index contributed by atoms with van der Waals surface area (Å²) in [5.74, 6) is 2.72. The van der Waals surface area contributed by atoms with Crippen LogP contribution in [0.25, 0.3) is 0 Å². The molecule has 18 heavy (non-hydrogen) atoms. The van der Waals surface area contributed by atoms with E-state index in [0.717, 1.165) is 0 Å². The molecule has 104 valence electrons. The zero-order chi connectivity index (χ0) is 14.2. The van der Waals surface area contributed by atoms with Gasteiger partial charge in [-0.3, -0.25) is 0 Å². The van der Waals surface area contributed by atoms with Crippen molar-refractivity contribution in [2.24, 2.45) is 17.8 Å². The lowest BCUT2D eigenvalue weighted by Crippen LogP contribution is -2.34. The maximum atomic E-state index is 6.32. The molecule has 0 aromatic heterocycles. The average molecular weight is 250 g/mol. The maximum Gasteiger partial charge on any atom is 0.124 e. The van der Waals surface area contributed by atoms with Gasteiger partial charge >= 0.3 is 0 Å². The minimum absolute atomic E-state index is 0.169. The lowest BCUT2D eigenvalue weighted by Gasteiger charge is -2.41. The zero-order valence-electron chi connectivity index (χ0n) is 13.6. The Morgan fingerprint density at radius 3 is 1.56 bits per heavy atom. The van der Waals surface area contributed by atoms with E-state index in [1.807, 2.05) is 0 Å². The van der Waals surface area contributed by atoms with Crippen molar-refractivity contribution in [1.29, 1.82) is 0 Å². The van der Waals surface area contributed by atoms with Gasteiger partial charge in [-0.2, -0.15) is 0 Å². The highest BCUT2D eigenvalue weighted by molar-refractivity contribution is 5.45. The quantitative estimate of drug-likeness (QED) is 0.657. The van der Waals surface area contributed by atoms with Crippen molar-refractivity contribution in [2.75, 3.05) is 0 Å². The van der Waals surface area contributed by atoms with Crippen LogP contribution in [0, 0.1) is 17.8 Å². The normalized spacial score (nSPS) is 20.2. The Morgan fingerprint density at radius 1 is 0.778 bits per heavy atom. The standard InChI is InChI=1S/C17H30O/c1-10(2)14-13(7)17(8,9)18-16(12(5)6)15(14)11(3)4/h10-12H,1-9H3. The van der Waals surface area contributed by atoms with Gasteiger partial charge in [0.1, 0.15) is 11.4 Å². The molecule has 1 heterocycles. The zero-order valence-corrected chi connectivity index (χ0v) is 13.6. The summed E-state index contributed by atoms with van der Waals surface area (Å²) in [6.45, 7) is 20.2. The molecule has 0 unspecified atom stereocenters. The number of hydrogen-bond acceptors (Lipinski definition) is 1. The van der Waals surface area contributed by atoms with Crippen molar-refractivity contribution in [1.82, 2.24) is 0 Å². The lowest BCUT2D eigenvalue weighted by atomic mass is 9.77. The van der Waals surface area contributed by atoms with Gasteiger partial charge in [0, 0.05) is 5.92 Å². The summed E-state index contributed by atoms with van der Waals surface area (Å²) in [5, 5.41) is 0. The molecule has 0 aromatic rings. The summed E-state index contributed by atoms with van der Waals surface area (Å²) in [5.41, 5.74) is 4.19. The second-order valence-corrected chi connectivity index (χ2v) is 6.89. The van der Waals surface area contributed by atoms with Crippen LogP contribution in [0.3, 0.4) is 0 Å². The molecule has 0 aromatic carbocycles. The first-order chi connectivity index (χ1) is 8.09. The Bertz CT molecular complexity index is 370. The fourth-order valence-electron chi connectivity index (χ4n) is 2.83. The van der Waals surface area contributed by atoms with Crippen LogP contribution < -0.4 is 0 Å². The van der Waals surface area contributed by atoms with E-state index >= 15 is 0 Å². The molecule has 0 N–H and O–H groups in total. The van der Waals surface area contributed by atoms with E-state index < -0.39 is 0 Å². The predicted molar refractivity (Wildman–Crippen MR) is 79.4 cm³/mol.